The van der Waals surface area contributed by atoms with Crippen molar-refractivity contribution in [3.05, 3.63) is 71.3 Å². The number of hydrogen-bond acceptors (Lipinski definition) is 2. The topological polar surface area (TPSA) is 46.2 Å². The first-order valence-corrected chi connectivity index (χ1v) is 6.02. The fourth-order valence-corrected chi connectivity index (χ4v) is 2.13. The van der Waals surface area contributed by atoms with Gasteiger partial charge < -0.3 is 10.8 Å². The Hall–Kier alpha value is -1.78. The molecule has 0 bridgehead atoms. The zero-order valence-electron chi connectivity index (χ0n) is 10.3. The van der Waals surface area contributed by atoms with Gasteiger partial charge in [-0.3, -0.25) is 0 Å². The van der Waals surface area contributed by atoms with Gasteiger partial charge in [-0.1, -0.05) is 36.4 Å². The Balaban J connectivity index is 2.38. The molecule has 3 N–H and O–H groups in total. The molecule has 0 saturated heterocycles. The van der Waals surface area contributed by atoms with E-state index in [9.17, 15) is 13.9 Å². The van der Waals surface area contributed by atoms with E-state index in [-0.39, 0.29) is 12.1 Å². The van der Waals surface area contributed by atoms with Crippen molar-refractivity contribution in [3.63, 3.8) is 0 Å². The lowest BCUT2D eigenvalue weighted by Gasteiger charge is -2.23. The van der Waals surface area contributed by atoms with Crippen molar-refractivity contribution in [1.82, 2.24) is 0 Å². The molecule has 0 spiro atoms. The third kappa shape index (κ3) is 2.80. The van der Waals surface area contributed by atoms with E-state index in [2.05, 4.69) is 0 Å². The SMILES string of the molecule is NCC(c1ccccc1F)C(O)c1ccccc1F. The number of aliphatic hydroxyl groups excluding tert-OH is 1. The number of aliphatic hydroxyl groups is 1. The highest BCUT2D eigenvalue weighted by molar-refractivity contribution is 5.29. The molecule has 0 fully saturated rings. The first-order valence-electron chi connectivity index (χ1n) is 6.02. The largest absolute Gasteiger partial charge is 0.388 e. The molecular weight excluding hydrogens is 248 g/mol. The second-order valence-corrected chi connectivity index (χ2v) is 4.33. The van der Waals surface area contributed by atoms with Gasteiger partial charge in [0.1, 0.15) is 11.6 Å². The molecule has 2 aromatic carbocycles. The van der Waals surface area contributed by atoms with Crippen LogP contribution in [0.4, 0.5) is 8.78 Å². The maximum absolute atomic E-state index is 13.7. The minimum atomic E-state index is -1.18. The first kappa shape index (κ1) is 13.6. The summed E-state index contributed by atoms with van der Waals surface area (Å²) in [6, 6.07) is 12.0. The number of halogens is 2. The molecule has 0 aliphatic heterocycles. The third-order valence-corrected chi connectivity index (χ3v) is 3.16. The van der Waals surface area contributed by atoms with E-state index in [0.717, 1.165) is 0 Å². The second kappa shape index (κ2) is 5.91. The molecule has 0 aromatic heterocycles. The van der Waals surface area contributed by atoms with Crippen molar-refractivity contribution in [2.45, 2.75) is 12.0 Å². The number of rotatable bonds is 4. The fourth-order valence-electron chi connectivity index (χ4n) is 2.13. The van der Waals surface area contributed by atoms with Crippen LogP contribution >= 0.6 is 0 Å². The average Bonchev–Trinajstić information content (AvgIpc) is 2.42. The van der Waals surface area contributed by atoms with Crippen LogP contribution in [0.5, 0.6) is 0 Å². The van der Waals surface area contributed by atoms with Crippen molar-refractivity contribution in [2.24, 2.45) is 5.73 Å². The Labute approximate surface area is 110 Å². The monoisotopic (exact) mass is 263 g/mol. The minimum absolute atomic E-state index is 0.0242. The Morgan fingerprint density at radius 2 is 1.37 bits per heavy atom. The summed E-state index contributed by atoms with van der Waals surface area (Å²) in [6.07, 6.45) is -1.18. The highest BCUT2D eigenvalue weighted by Crippen LogP contribution is 2.32. The van der Waals surface area contributed by atoms with Crippen LogP contribution in [0.2, 0.25) is 0 Å². The second-order valence-electron chi connectivity index (χ2n) is 4.33. The van der Waals surface area contributed by atoms with E-state index in [1.807, 2.05) is 0 Å². The average molecular weight is 263 g/mol. The summed E-state index contributed by atoms with van der Waals surface area (Å²) in [5.41, 5.74) is 6.03. The molecule has 0 aliphatic carbocycles. The van der Waals surface area contributed by atoms with Crippen molar-refractivity contribution in [2.75, 3.05) is 6.54 Å². The summed E-state index contributed by atoms with van der Waals surface area (Å²) in [5, 5.41) is 10.3. The minimum Gasteiger partial charge on any atom is -0.388 e. The van der Waals surface area contributed by atoms with Gasteiger partial charge in [0, 0.05) is 18.0 Å². The zero-order chi connectivity index (χ0) is 13.8. The molecule has 2 atom stereocenters. The highest BCUT2D eigenvalue weighted by atomic mass is 19.1. The molecule has 4 heteroatoms. The normalized spacial score (nSPS) is 14.1. The van der Waals surface area contributed by atoms with Gasteiger partial charge in [-0.15, -0.1) is 0 Å². The number of nitrogens with two attached hydrogens (primary N) is 1. The van der Waals surface area contributed by atoms with Gasteiger partial charge in [0.2, 0.25) is 0 Å². The van der Waals surface area contributed by atoms with E-state index in [4.69, 9.17) is 5.73 Å². The summed E-state index contributed by atoms with van der Waals surface area (Å²) in [6.45, 7) is 0.0242. The predicted octanol–water partition coefficient (Wildman–Crippen LogP) is 2.74. The van der Waals surface area contributed by atoms with E-state index in [1.54, 1.807) is 24.3 Å². The van der Waals surface area contributed by atoms with Gasteiger partial charge >= 0.3 is 0 Å². The maximum atomic E-state index is 13.7. The van der Waals surface area contributed by atoms with Crippen LogP contribution in [0.15, 0.2) is 48.5 Å². The van der Waals surface area contributed by atoms with Crippen LogP contribution < -0.4 is 5.73 Å². The van der Waals surface area contributed by atoms with Gasteiger partial charge in [0.15, 0.2) is 0 Å². The Morgan fingerprint density at radius 3 is 1.84 bits per heavy atom. The number of hydrogen-bond donors (Lipinski definition) is 2. The van der Waals surface area contributed by atoms with Crippen molar-refractivity contribution < 1.29 is 13.9 Å². The summed E-state index contributed by atoms with van der Waals surface area (Å²) in [4.78, 5) is 0. The van der Waals surface area contributed by atoms with E-state index >= 15 is 0 Å². The molecular formula is C15H15F2NO. The summed E-state index contributed by atoms with van der Waals surface area (Å²) >= 11 is 0. The molecule has 2 nitrogen and oxygen atoms in total. The van der Waals surface area contributed by atoms with Gasteiger partial charge in [0.05, 0.1) is 6.10 Å². The van der Waals surface area contributed by atoms with Gasteiger partial charge in [-0.05, 0) is 17.7 Å². The molecule has 0 radical (unpaired) electrons. The first-order chi connectivity index (χ1) is 9.15. The molecule has 2 aromatic rings. The Kier molecular flexibility index (Phi) is 4.24. The summed E-state index contributed by atoms with van der Waals surface area (Å²) < 4.78 is 27.4. The third-order valence-electron chi connectivity index (χ3n) is 3.16. The molecule has 2 unspecified atom stereocenters. The smallest absolute Gasteiger partial charge is 0.129 e. The van der Waals surface area contributed by atoms with Crippen LogP contribution in [0, 0.1) is 11.6 Å². The molecule has 0 heterocycles. The van der Waals surface area contributed by atoms with Crippen LogP contribution in [-0.4, -0.2) is 11.7 Å². The maximum Gasteiger partial charge on any atom is 0.129 e. The quantitative estimate of drug-likeness (QED) is 0.891. The van der Waals surface area contributed by atoms with Crippen molar-refractivity contribution in [1.29, 1.82) is 0 Å². The Bertz CT molecular complexity index is 559. The summed E-state index contributed by atoms with van der Waals surface area (Å²) in [5.74, 6) is -1.66. The molecule has 2 rings (SSSR count). The molecule has 100 valence electrons. The van der Waals surface area contributed by atoms with Crippen LogP contribution in [-0.2, 0) is 0 Å². The molecule has 0 amide bonds. The van der Waals surface area contributed by atoms with Gasteiger partial charge in [-0.2, -0.15) is 0 Å². The number of benzene rings is 2. The lowest BCUT2D eigenvalue weighted by molar-refractivity contribution is 0.141. The van der Waals surface area contributed by atoms with Crippen LogP contribution in [0.1, 0.15) is 23.1 Å². The molecule has 0 saturated carbocycles. The van der Waals surface area contributed by atoms with Crippen LogP contribution in [0.25, 0.3) is 0 Å². The van der Waals surface area contributed by atoms with Gasteiger partial charge in [0.25, 0.3) is 0 Å². The van der Waals surface area contributed by atoms with E-state index in [0.29, 0.717) is 5.56 Å². The van der Waals surface area contributed by atoms with Crippen molar-refractivity contribution in [3.8, 4) is 0 Å². The van der Waals surface area contributed by atoms with E-state index in [1.165, 1.54) is 24.3 Å². The standard InChI is InChI=1S/C15H15F2NO/c16-13-7-3-1-5-10(13)12(9-18)15(19)11-6-2-4-8-14(11)17/h1-8,12,15,19H,9,18H2. The fraction of sp³-hybridized carbons (Fsp3) is 0.200. The highest BCUT2D eigenvalue weighted by Gasteiger charge is 2.25. The lowest BCUT2D eigenvalue weighted by Crippen LogP contribution is -2.22. The summed E-state index contributed by atoms with van der Waals surface area (Å²) in [7, 11) is 0. The van der Waals surface area contributed by atoms with E-state index < -0.39 is 23.7 Å². The van der Waals surface area contributed by atoms with Gasteiger partial charge in [-0.25, -0.2) is 8.78 Å². The Morgan fingerprint density at radius 1 is 0.895 bits per heavy atom. The molecule has 0 aliphatic rings. The predicted molar refractivity (Wildman–Crippen MR) is 69.6 cm³/mol. The molecule has 19 heavy (non-hydrogen) atoms. The lowest BCUT2D eigenvalue weighted by atomic mass is 9.88. The van der Waals surface area contributed by atoms with Crippen molar-refractivity contribution >= 4 is 0 Å². The zero-order valence-corrected chi connectivity index (χ0v) is 10.3. The van der Waals surface area contributed by atoms with Crippen LogP contribution in [0.3, 0.4) is 0 Å².